The van der Waals surface area contributed by atoms with E-state index in [1.165, 1.54) is 19.2 Å². The van der Waals surface area contributed by atoms with E-state index in [1.54, 1.807) is 11.1 Å². The van der Waals surface area contributed by atoms with Gasteiger partial charge in [0.1, 0.15) is 11.6 Å². The van der Waals surface area contributed by atoms with E-state index in [2.05, 4.69) is 4.99 Å². The molecule has 0 unspecified atom stereocenters. The fraction of sp³-hybridized carbons (Fsp3) is 0.545. The van der Waals surface area contributed by atoms with Crippen LogP contribution in [0.2, 0.25) is 0 Å². The van der Waals surface area contributed by atoms with Gasteiger partial charge in [-0.05, 0) is 57.9 Å². The predicted octanol–water partition coefficient (Wildman–Crippen LogP) is 3.98. The molecule has 4 rings (SSSR count). The van der Waals surface area contributed by atoms with Crippen molar-refractivity contribution < 1.29 is 13.9 Å². The zero-order valence-electron chi connectivity index (χ0n) is 16.6. The van der Waals surface area contributed by atoms with Crippen molar-refractivity contribution in [2.75, 3.05) is 4.90 Å². The lowest BCUT2D eigenvalue weighted by Gasteiger charge is -2.37. The molecule has 2 aliphatic carbocycles. The minimum atomic E-state index is -0.410. The van der Waals surface area contributed by atoms with E-state index in [0.29, 0.717) is 35.0 Å². The number of ether oxygens (including phenoxy) is 1. The molecule has 0 bridgehead atoms. The van der Waals surface area contributed by atoms with Crippen molar-refractivity contribution in [3.05, 3.63) is 29.2 Å². The van der Waals surface area contributed by atoms with Gasteiger partial charge in [-0.2, -0.15) is 0 Å². The molecular weight excluding hydrogens is 357 g/mol. The van der Waals surface area contributed by atoms with Crippen LogP contribution in [-0.2, 0) is 11.2 Å². The third-order valence-electron chi connectivity index (χ3n) is 5.93. The number of aliphatic imine (C=N–C) groups is 1. The van der Waals surface area contributed by atoms with Crippen molar-refractivity contribution in [2.45, 2.75) is 77.0 Å². The molecule has 6 heteroatoms. The van der Waals surface area contributed by atoms with Gasteiger partial charge in [-0.3, -0.25) is 9.79 Å². The van der Waals surface area contributed by atoms with Crippen molar-refractivity contribution in [3.8, 4) is 5.75 Å². The second-order valence-corrected chi connectivity index (χ2v) is 8.14. The van der Waals surface area contributed by atoms with Gasteiger partial charge in [0.15, 0.2) is 0 Å². The van der Waals surface area contributed by atoms with Gasteiger partial charge in [0.25, 0.3) is 0 Å². The van der Waals surface area contributed by atoms with Crippen LogP contribution in [-0.4, -0.2) is 30.3 Å². The van der Waals surface area contributed by atoms with Crippen molar-refractivity contribution in [1.29, 1.82) is 0 Å². The van der Waals surface area contributed by atoms with Crippen LogP contribution in [0.3, 0.4) is 0 Å². The van der Waals surface area contributed by atoms with Crippen LogP contribution in [0.1, 0.15) is 63.5 Å². The summed E-state index contributed by atoms with van der Waals surface area (Å²) in [7, 11) is 0. The van der Waals surface area contributed by atoms with Crippen LogP contribution in [0.5, 0.6) is 5.75 Å². The number of carbonyl (C=O) groups is 1. The van der Waals surface area contributed by atoms with E-state index in [4.69, 9.17) is 10.5 Å². The average molecular weight is 385 g/mol. The Labute approximate surface area is 165 Å². The summed E-state index contributed by atoms with van der Waals surface area (Å²) in [5, 5.41) is 0. The Bertz CT molecular complexity index is 841. The number of hydrogen-bond acceptors (Lipinski definition) is 4. The molecule has 1 aromatic carbocycles. The summed E-state index contributed by atoms with van der Waals surface area (Å²) in [5.74, 6) is 0.102. The first-order valence-corrected chi connectivity index (χ1v) is 10.3. The molecule has 0 aromatic heterocycles. The van der Waals surface area contributed by atoms with Gasteiger partial charge in [0.05, 0.1) is 17.8 Å². The number of rotatable bonds is 5. The van der Waals surface area contributed by atoms with Crippen molar-refractivity contribution in [2.24, 2.45) is 10.7 Å². The molecule has 2 saturated carbocycles. The molecule has 0 spiro atoms. The fourth-order valence-corrected chi connectivity index (χ4v) is 3.95. The van der Waals surface area contributed by atoms with E-state index in [-0.39, 0.29) is 18.1 Å². The fourth-order valence-electron chi connectivity index (χ4n) is 3.95. The highest BCUT2D eigenvalue weighted by Gasteiger charge is 2.34. The van der Waals surface area contributed by atoms with Crippen molar-refractivity contribution in [3.63, 3.8) is 0 Å². The Balaban J connectivity index is 1.83. The highest BCUT2D eigenvalue weighted by atomic mass is 19.1. The van der Waals surface area contributed by atoms with E-state index in [0.717, 1.165) is 44.1 Å². The van der Waals surface area contributed by atoms with Crippen molar-refractivity contribution >= 4 is 23.4 Å². The number of allylic oxidation sites excluding steroid dienone is 1. The zero-order valence-corrected chi connectivity index (χ0v) is 16.6. The zero-order chi connectivity index (χ0) is 19.8. The highest BCUT2D eigenvalue weighted by molar-refractivity contribution is 6.11. The summed E-state index contributed by atoms with van der Waals surface area (Å²) in [6.45, 7) is 3.44. The topological polar surface area (TPSA) is 67.9 Å². The molecule has 1 aromatic rings. The molecule has 5 nitrogen and oxygen atoms in total. The molecule has 1 aliphatic heterocycles. The molecule has 1 heterocycles. The number of halogens is 1. The molecule has 2 fully saturated rings. The Hall–Kier alpha value is -2.37. The smallest absolute Gasteiger partial charge is 0.224 e. The summed E-state index contributed by atoms with van der Waals surface area (Å²) < 4.78 is 21.6. The Morgan fingerprint density at radius 1 is 1.32 bits per heavy atom. The molecule has 1 atom stereocenters. The van der Waals surface area contributed by atoms with Gasteiger partial charge in [-0.1, -0.05) is 0 Å². The third kappa shape index (κ3) is 3.52. The second kappa shape index (κ2) is 7.57. The van der Waals surface area contributed by atoms with Gasteiger partial charge in [-0.15, -0.1) is 0 Å². The van der Waals surface area contributed by atoms with Crippen LogP contribution >= 0.6 is 0 Å². The molecule has 0 saturated heterocycles. The number of benzene rings is 1. The molecule has 28 heavy (non-hydrogen) atoms. The maximum Gasteiger partial charge on any atom is 0.224 e. The first kappa shape index (κ1) is 19.0. The molecular formula is C22H28FN3O2. The van der Waals surface area contributed by atoms with Gasteiger partial charge < -0.3 is 15.4 Å². The normalized spacial score (nSPS) is 22.9. The second-order valence-electron chi connectivity index (χ2n) is 8.14. The number of amides is 1. The number of nitrogens with zero attached hydrogens (tertiary/aromatic N) is 2. The van der Waals surface area contributed by atoms with Gasteiger partial charge in [0, 0.05) is 42.1 Å². The first-order chi connectivity index (χ1) is 13.5. The largest absolute Gasteiger partial charge is 0.489 e. The Morgan fingerprint density at radius 3 is 2.64 bits per heavy atom. The number of fused-ring (bicyclic) bond motifs is 1. The van der Waals surface area contributed by atoms with Crippen LogP contribution in [0.4, 0.5) is 10.1 Å². The van der Waals surface area contributed by atoms with Gasteiger partial charge in [-0.25, -0.2) is 4.39 Å². The maximum atomic E-state index is 15.3. The first-order valence-electron chi connectivity index (χ1n) is 10.3. The average Bonchev–Trinajstić information content (AvgIpc) is 3.44. The standard InChI is InChI=1S/C22H28FN3O2/c1-13-6-9-18-21(26(13)14(2)27)20(23)10-19(22(18)28-17-4-3-5-17)15(11-24)12-25-16-7-8-16/h10-13,16-17H,3-9,24H2,1-2H3/t13-/m0/s1. The van der Waals surface area contributed by atoms with Gasteiger partial charge in [0.2, 0.25) is 5.91 Å². The highest BCUT2D eigenvalue weighted by Crippen LogP contribution is 2.44. The van der Waals surface area contributed by atoms with Crippen LogP contribution in [0, 0.1) is 5.82 Å². The minimum Gasteiger partial charge on any atom is -0.489 e. The lowest BCUT2D eigenvalue weighted by atomic mass is 9.90. The van der Waals surface area contributed by atoms with Gasteiger partial charge >= 0.3 is 0 Å². The van der Waals surface area contributed by atoms with E-state index < -0.39 is 5.82 Å². The lowest BCUT2D eigenvalue weighted by molar-refractivity contribution is -0.117. The summed E-state index contributed by atoms with van der Waals surface area (Å²) in [6, 6.07) is 1.77. The lowest BCUT2D eigenvalue weighted by Crippen LogP contribution is -2.42. The third-order valence-corrected chi connectivity index (χ3v) is 5.93. The molecule has 150 valence electrons. The van der Waals surface area contributed by atoms with E-state index in [1.807, 2.05) is 6.92 Å². The molecule has 1 amide bonds. The monoisotopic (exact) mass is 385 g/mol. The summed E-state index contributed by atoms with van der Waals surface area (Å²) in [4.78, 5) is 18.3. The van der Waals surface area contributed by atoms with Crippen LogP contribution in [0.15, 0.2) is 17.3 Å². The number of hydrogen-bond donors (Lipinski definition) is 1. The number of anilines is 1. The quantitative estimate of drug-likeness (QED) is 0.780. The number of carbonyl (C=O) groups excluding carboxylic acids is 1. The van der Waals surface area contributed by atoms with Crippen LogP contribution in [0.25, 0.3) is 5.57 Å². The Morgan fingerprint density at radius 2 is 2.07 bits per heavy atom. The van der Waals surface area contributed by atoms with E-state index in [9.17, 15) is 4.79 Å². The summed E-state index contributed by atoms with van der Waals surface area (Å²) >= 11 is 0. The summed E-state index contributed by atoms with van der Waals surface area (Å²) in [5.41, 5.74) is 8.31. The maximum absolute atomic E-state index is 15.3. The van der Waals surface area contributed by atoms with Crippen LogP contribution < -0.4 is 15.4 Å². The molecule has 2 N–H and O–H groups in total. The molecule has 3 aliphatic rings. The SMILES string of the molecule is CC(=O)N1c2c(F)cc(C(C=NC3CC3)=CN)c(OC3CCC3)c2CC[C@@H]1C. The Kier molecular flexibility index (Phi) is 5.13. The van der Waals surface area contributed by atoms with Crippen molar-refractivity contribution in [1.82, 2.24) is 0 Å². The predicted molar refractivity (Wildman–Crippen MR) is 109 cm³/mol. The molecule has 0 radical (unpaired) electrons. The summed E-state index contributed by atoms with van der Waals surface area (Å²) in [6.07, 6.45) is 10.1. The number of nitrogens with two attached hydrogens (primary N) is 1. The van der Waals surface area contributed by atoms with E-state index >= 15 is 4.39 Å². The minimum absolute atomic E-state index is 0.0390.